The Balaban J connectivity index is 1.77. The molecule has 2 amide bonds. The van der Waals surface area contributed by atoms with Crippen molar-refractivity contribution < 1.29 is 32.6 Å². The van der Waals surface area contributed by atoms with Crippen LogP contribution in [0.5, 0.6) is 11.5 Å². The molecular formula is C19H21F2N5O5. The quantitative estimate of drug-likeness (QED) is 0.707. The Labute approximate surface area is 175 Å². The normalized spacial score (nSPS) is 18.5. The fourth-order valence-corrected chi connectivity index (χ4v) is 3.52. The number of aromatic nitrogens is 2. The lowest BCUT2D eigenvalue weighted by Gasteiger charge is -2.18. The molecule has 0 saturated carbocycles. The molecule has 0 bridgehead atoms. The number of benzene rings is 1. The Morgan fingerprint density at radius 2 is 2.16 bits per heavy atom. The van der Waals surface area contributed by atoms with Gasteiger partial charge in [0.25, 0.3) is 6.43 Å². The zero-order valence-corrected chi connectivity index (χ0v) is 16.8. The van der Waals surface area contributed by atoms with Gasteiger partial charge in [-0.2, -0.15) is 0 Å². The SMILES string of the molecule is COc1cc(N[C@@H](C)C(N)=O)cc2c1-c1nc(N3C(=O)OCC3C(F)F)cn1CCO2. The van der Waals surface area contributed by atoms with Crippen molar-refractivity contribution in [2.24, 2.45) is 5.73 Å². The van der Waals surface area contributed by atoms with E-state index in [4.69, 9.17) is 19.9 Å². The molecule has 2 atom stereocenters. The second-order valence-electron chi connectivity index (χ2n) is 7.13. The first kappa shape index (κ1) is 20.7. The maximum absolute atomic E-state index is 13.4. The molecule has 3 N–H and O–H groups in total. The molecular weight excluding hydrogens is 416 g/mol. The van der Waals surface area contributed by atoms with E-state index in [0.717, 1.165) is 4.90 Å². The van der Waals surface area contributed by atoms with Crippen molar-refractivity contribution >= 4 is 23.5 Å². The molecule has 2 aliphatic rings. The van der Waals surface area contributed by atoms with E-state index in [1.54, 1.807) is 23.6 Å². The monoisotopic (exact) mass is 437 g/mol. The minimum Gasteiger partial charge on any atom is -0.496 e. The van der Waals surface area contributed by atoms with E-state index in [0.29, 0.717) is 35.1 Å². The summed E-state index contributed by atoms with van der Waals surface area (Å²) in [6.45, 7) is 1.84. The lowest BCUT2D eigenvalue weighted by molar-refractivity contribution is -0.118. The van der Waals surface area contributed by atoms with Crippen LogP contribution < -0.4 is 25.4 Å². The third-order valence-corrected chi connectivity index (χ3v) is 5.12. The molecule has 1 aromatic heterocycles. The van der Waals surface area contributed by atoms with Crippen molar-refractivity contribution in [3.63, 3.8) is 0 Å². The number of alkyl halides is 2. The average molecular weight is 437 g/mol. The molecule has 31 heavy (non-hydrogen) atoms. The molecule has 10 nitrogen and oxygen atoms in total. The van der Waals surface area contributed by atoms with Gasteiger partial charge in [0.2, 0.25) is 5.91 Å². The summed E-state index contributed by atoms with van der Waals surface area (Å²) in [7, 11) is 1.46. The van der Waals surface area contributed by atoms with Gasteiger partial charge < -0.3 is 29.8 Å². The number of fused-ring (bicyclic) bond motifs is 3. The summed E-state index contributed by atoms with van der Waals surface area (Å²) in [6, 6.07) is 1.28. The lowest BCUT2D eigenvalue weighted by Crippen LogP contribution is -2.38. The first-order valence-corrected chi connectivity index (χ1v) is 9.52. The number of ether oxygens (including phenoxy) is 3. The Morgan fingerprint density at radius 1 is 1.39 bits per heavy atom. The Kier molecular flexibility index (Phi) is 5.29. The first-order chi connectivity index (χ1) is 14.8. The van der Waals surface area contributed by atoms with Crippen LogP contribution in [-0.2, 0) is 16.1 Å². The van der Waals surface area contributed by atoms with Gasteiger partial charge in [-0.25, -0.2) is 23.5 Å². The minimum atomic E-state index is -2.78. The molecule has 2 aliphatic heterocycles. The minimum absolute atomic E-state index is 0.0576. The van der Waals surface area contributed by atoms with Crippen molar-refractivity contribution in [1.82, 2.24) is 9.55 Å². The van der Waals surface area contributed by atoms with Crippen LogP contribution in [0.2, 0.25) is 0 Å². The summed E-state index contributed by atoms with van der Waals surface area (Å²) < 4.78 is 44.6. The number of methoxy groups -OCH3 is 1. The van der Waals surface area contributed by atoms with Gasteiger partial charge in [0.15, 0.2) is 5.82 Å². The maximum Gasteiger partial charge on any atom is 0.416 e. The molecule has 1 saturated heterocycles. The Morgan fingerprint density at radius 3 is 2.84 bits per heavy atom. The zero-order chi connectivity index (χ0) is 22.3. The van der Waals surface area contributed by atoms with E-state index in [1.165, 1.54) is 13.3 Å². The standard InChI is InChI=1S/C19H21F2N5O5/c1-9(17(22)27)23-10-5-12(29-2)15-13(6-10)30-4-3-25-7-14(24-18(15)25)26-11(16(20)21)8-31-19(26)28/h5-7,9,11,16,23H,3-4,8H2,1-2H3,(H2,22,27)/t9-,11?/m0/s1. The van der Waals surface area contributed by atoms with Gasteiger partial charge in [0, 0.05) is 24.0 Å². The number of hydrogen-bond acceptors (Lipinski definition) is 7. The van der Waals surface area contributed by atoms with Gasteiger partial charge in [-0.15, -0.1) is 0 Å². The summed E-state index contributed by atoms with van der Waals surface area (Å²) in [5.74, 6) is 0.722. The summed E-state index contributed by atoms with van der Waals surface area (Å²) in [4.78, 5) is 28.8. The van der Waals surface area contributed by atoms with Crippen molar-refractivity contribution in [2.45, 2.75) is 32.0 Å². The summed E-state index contributed by atoms with van der Waals surface area (Å²) in [5, 5.41) is 2.97. The highest BCUT2D eigenvalue weighted by Gasteiger charge is 2.42. The summed E-state index contributed by atoms with van der Waals surface area (Å²) in [5.41, 5.74) is 6.35. The van der Waals surface area contributed by atoms with Crippen LogP contribution in [0, 0.1) is 0 Å². The van der Waals surface area contributed by atoms with Gasteiger partial charge in [-0.05, 0) is 6.92 Å². The van der Waals surface area contributed by atoms with E-state index < -0.39 is 37.1 Å². The highest BCUT2D eigenvalue weighted by Crippen LogP contribution is 2.43. The Bertz CT molecular complexity index is 1030. The zero-order valence-electron chi connectivity index (χ0n) is 16.8. The summed E-state index contributed by atoms with van der Waals surface area (Å²) >= 11 is 0. The highest BCUT2D eigenvalue weighted by atomic mass is 19.3. The van der Waals surface area contributed by atoms with Gasteiger partial charge in [0.1, 0.15) is 48.2 Å². The van der Waals surface area contributed by atoms with Crippen LogP contribution in [0.25, 0.3) is 11.4 Å². The van der Waals surface area contributed by atoms with Gasteiger partial charge in [0.05, 0.1) is 13.7 Å². The smallest absolute Gasteiger partial charge is 0.416 e. The van der Waals surface area contributed by atoms with E-state index >= 15 is 0 Å². The van der Waals surface area contributed by atoms with Crippen molar-refractivity contribution in [3.8, 4) is 22.9 Å². The topological polar surface area (TPSA) is 121 Å². The second-order valence-corrected chi connectivity index (χ2v) is 7.13. The molecule has 4 rings (SSSR count). The number of hydrogen-bond donors (Lipinski definition) is 2. The van der Waals surface area contributed by atoms with Crippen LogP contribution in [0.1, 0.15) is 6.92 Å². The highest BCUT2D eigenvalue weighted by molar-refractivity contribution is 5.90. The van der Waals surface area contributed by atoms with Crippen molar-refractivity contribution in [1.29, 1.82) is 0 Å². The number of carbonyl (C=O) groups is 2. The van der Waals surface area contributed by atoms with Gasteiger partial charge in [-0.1, -0.05) is 0 Å². The number of rotatable bonds is 6. The molecule has 0 spiro atoms. The fraction of sp³-hybridized carbons (Fsp3) is 0.421. The van der Waals surface area contributed by atoms with E-state index in [2.05, 4.69) is 10.3 Å². The predicted molar refractivity (Wildman–Crippen MR) is 106 cm³/mol. The number of nitrogens with one attached hydrogen (secondary N) is 1. The molecule has 166 valence electrons. The third kappa shape index (κ3) is 3.68. The van der Waals surface area contributed by atoms with Gasteiger partial charge in [-0.3, -0.25) is 4.79 Å². The molecule has 2 aromatic rings. The van der Waals surface area contributed by atoms with Crippen LogP contribution in [0.4, 0.5) is 25.1 Å². The number of primary amides is 1. The molecule has 3 heterocycles. The second kappa shape index (κ2) is 7.93. The number of anilines is 2. The van der Waals surface area contributed by atoms with Crippen molar-refractivity contribution in [2.75, 3.05) is 30.5 Å². The van der Waals surface area contributed by atoms with Crippen LogP contribution in [0.3, 0.4) is 0 Å². The van der Waals surface area contributed by atoms with E-state index in [9.17, 15) is 18.4 Å². The number of amides is 2. The third-order valence-electron chi connectivity index (χ3n) is 5.12. The number of halogens is 2. The number of nitrogens with zero attached hydrogens (tertiary/aromatic N) is 3. The predicted octanol–water partition coefficient (Wildman–Crippen LogP) is 1.83. The fourth-order valence-electron chi connectivity index (χ4n) is 3.52. The molecule has 12 heteroatoms. The maximum atomic E-state index is 13.4. The molecule has 1 aromatic carbocycles. The molecule has 0 aliphatic carbocycles. The molecule has 0 radical (unpaired) electrons. The Hall–Kier alpha value is -3.57. The largest absolute Gasteiger partial charge is 0.496 e. The molecule has 1 unspecified atom stereocenters. The van der Waals surface area contributed by atoms with Crippen molar-refractivity contribution in [3.05, 3.63) is 18.3 Å². The number of cyclic esters (lactones) is 1. The lowest BCUT2D eigenvalue weighted by atomic mass is 10.1. The van der Waals surface area contributed by atoms with E-state index in [-0.39, 0.29) is 12.4 Å². The van der Waals surface area contributed by atoms with Crippen LogP contribution in [-0.4, -0.2) is 60.4 Å². The summed E-state index contributed by atoms with van der Waals surface area (Å²) in [6.07, 6.45) is -2.14. The van der Waals surface area contributed by atoms with Gasteiger partial charge >= 0.3 is 6.09 Å². The molecule has 1 fully saturated rings. The van der Waals surface area contributed by atoms with Crippen LogP contribution >= 0.6 is 0 Å². The van der Waals surface area contributed by atoms with E-state index in [1.807, 2.05) is 0 Å². The number of nitrogens with two attached hydrogens (primary N) is 1. The first-order valence-electron chi connectivity index (χ1n) is 9.52. The van der Waals surface area contributed by atoms with Crippen LogP contribution in [0.15, 0.2) is 18.3 Å². The average Bonchev–Trinajstić information content (AvgIpc) is 3.26. The number of carbonyl (C=O) groups excluding carboxylic acids is 2. The number of imidazole rings is 1.